The summed E-state index contributed by atoms with van der Waals surface area (Å²) in [7, 11) is 0. The molecule has 2 aromatic rings. The van der Waals surface area contributed by atoms with Gasteiger partial charge in [-0.15, -0.1) is 0 Å². The van der Waals surface area contributed by atoms with Gasteiger partial charge in [0.25, 0.3) is 5.91 Å². The van der Waals surface area contributed by atoms with Gasteiger partial charge >= 0.3 is 6.18 Å². The zero-order valence-electron chi connectivity index (χ0n) is 8.12. The number of amides is 1. The van der Waals surface area contributed by atoms with Gasteiger partial charge in [-0.25, -0.2) is 4.98 Å². The number of carbonyl (C=O) groups excluding carboxylic acids is 1. The molecule has 1 amide bonds. The first-order chi connectivity index (χ1) is 7.79. The van der Waals surface area contributed by atoms with Crippen molar-refractivity contribution in [3.8, 4) is 0 Å². The van der Waals surface area contributed by atoms with E-state index in [1.54, 1.807) is 0 Å². The van der Waals surface area contributed by atoms with Gasteiger partial charge in [0.05, 0.1) is 10.6 Å². The lowest BCUT2D eigenvalue weighted by atomic mass is 10.3. The number of fused-ring (bicyclic) bond motifs is 1. The Balaban J connectivity index is 2.69. The van der Waals surface area contributed by atoms with Crippen molar-refractivity contribution in [1.29, 1.82) is 0 Å². The number of halogens is 4. The van der Waals surface area contributed by atoms with Crippen molar-refractivity contribution >= 4 is 23.2 Å². The van der Waals surface area contributed by atoms with Crippen LogP contribution in [0.25, 0.3) is 5.65 Å². The Morgan fingerprint density at radius 1 is 1.41 bits per heavy atom. The van der Waals surface area contributed by atoms with Gasteiger partial charge in [0.15, 0.2) is 5.65 Å². The number of hydrogen-bond donors (Lipinski definition) is 1. The Morgan fingerprint density at radius 3 is 2.59 bits per heavy atom. The Kier molecular flexibility index (Phi) is 2.50. The summed E-state index contributed by atoms with van der Waals surface area (Å²) in [5, 5.41) is -0.202. The molecule has 0 saturated heterocycles. The summed E-state index contributed by atoms with van der Waals surface area (Å²) < 4.78 is 38.5. The number of aromatic nitrogens is 2. The van der Waals surface area contributed by atoms with Crippen molar-refractivity contribution < 1.29 is 18.0 Å². The van der Waals surface area contributed by atoms with Crippen LogP contribution in [0.4, 0.5) is 13.2 Å². The van der Waals surface area contributed by atoms with Crippen molar-refractivity contribution in [1.82, 2.24) is 9.38 Å². The minimum atomic E-state index is -4.52. The zero-order valence-corrected chi connectivity index (χ0v) is 8.88. The molecule has 0 bridgehead atoms. The van der Waals surface area contributed by atoms with E-state index in [9.17, 15) is 18.0 Å². The minimum absolute atomic E-state index is 0.0495. The molecule has 0 aliphatic carbocycles. The highest BCUT2D eigenvalue weighted by Crippen LogP contribution is 2.32. The largest absolute Gasteiger partial charge is 0.417 e. The molecule has 17 heavy (non-hydrogen) atoms. The monoisotopic (exact) mass is 263 g/mol. The highest BCUT2D eigenvalue weighted by atomic mass is 35.5. The van der Waals surface area contributed by atoms with Crippen LogP contribution < -0.4 is 5.73 Å². The number of pyridine rings is 1. The topological polar surface area (TPSA) is 60.4 Å². The Labute approximate surface area is 97.8 Å². The molecule has 2 N–H and O–H groups in total. The molecule has 2 rings (SSSR count). The SMILES string of the molecule is NC(=O)c1cn2cc(C(F)(F)F)cc(Cl)c2n1. The Bertz CT molecular complexity index is 605. The quantitative estimate of drug-likeness (QED) is 0.856. The number of hydrogen-bond acceptors (Lipinski definition) is 2. The predicted octanol–water partition coefficient (Wildman–Crippen LogP) is 2.11. The van der Waals surface area contributed by atoms with E-state index in [0.29, 0.717) is 0 Å². The van der Waals surface area contributed by atoms with Gasteiger partial charge in [0.2, 0.25) is 0 Å². The fraction of sp³-hybridized carbons (Fsp3) is 0.111. The van der Waals surface area contributed by atoms with Gasteiger partial charge in [-0.3, -0.25) is 4.79 Å². The van der Waals surface area contributed by atoms with Gasteiger partial charge in [-0.05, 0) is 6.07 Å². The highest BCUT2D eigenvalue weighted by Gasteiger charge is 2.32. The van der Waals surface area contributed by atoms with Crippen molar-refractivity contribution in [3.05, 3.63) is 34.7 Å². The van der Waals surface area contributed by atoms with Gasteiger partial charge in [-0.1, -0.05) is 11.6 Å². The lowest BCUT2D eigenvalue weighted by molar-refractivity contribution is -0.137. The molecular weight excluding hydrogens is 259 g/mol. The summed E-state index contributed by atoms with van der Waals surface area (Å²) in [6.07, 6.45) is -2.63. The zero-order chi connectivity index (χ0) is 12.8. The van der Waals surface area contributed by atoms with E-state index in [4.69, 9.17) is 17.3 Å². The number of nitrogens with two attached hydrogens (primary N) is 1. The molecule has 0 aromatic carbocycles. The van der Waals surface area contributed by atoms with Crippen LogP contribution in [0, 0.1) is 0 Å². The number of alkyl halides is 3. The van der Waals surface area contributed by atoms with Crippen LogP contribution in [0.15, 0.2) is 18.5 Å². The second kappa shape index (κ2) is 3.63. The first kappa shape index (κ1) is 11.7. The van der Waals surface area contributed by atoms with Crippen LogP contribution in [0.5, 0.6) is 0 Å². The lowest BCUT2D eigenvalue weighted by Crippen LogP contribution is -2.10. The third kappa shape index (κ3) is 2.05. The average Bonchev–Trinajstić information content (AvgIpc) is 2.60. The molecule has 0 saturated carbocycles. The second-order valence-electron chi connectivity index (χ2n) is 3.30. The fourth-order valence-electron chi connectivity index (χ4n) is 1.33. The summed E-state index contributed by atoms with van der Waals surface area (Å²) in [4.78, 5) is 14.6. The van der Waals surface area contributed by atoms with Crippen LogP contribution in [-0.2, 0) is 6.18 Å². The average molecular weight is 264 g/mol. The van der Waals surface area contributed by atoms with E-state index in [2.05, 4.69) is 4.98 Å². The third-order valence-electron chi connectivity index (χ3n) is 2.09. The third-order valence-corrected chi connectivity index (χ3v) is 2.36. The molecule has 2 heterocycles. The molecule has 0 spiro atoms. The van der Waals surface area contributed by atoms with E-state index in [1.165, 1.54) is 0 Å². The molecule has 8 heteroatoms. The molecule has 0 aliphatic rings. The molecule has 0 unspecified atom stereocenters. The van der Waals surface area contributed by atoms with Gasteiger partial charge in [0.1, 0.15) is 5.69 Å². The van der Waals surface area contributed by atoms with Crippen LogP contribution >= 0.6 is 11.6 Å². The number of imidazole rings is 1. The summed E-state index contributed by atoms with van der Waals surface area (Å²) in [6, 6.07) is 0.745. The van der Waals surface area contributed by atoms with Crippen molar-refractivity contribution in [2.24, 2.45) is 5.73 Å². The minimum Gasteiger partial charge on any atom is -0.364 e. The summed E-state index contributed by atoms with van der Waals surface area (Å²) in [6.45, 7) is 0. The molecule has 4 nitrogen and oxygen atoms in total. The maximum absolute atomic E-state index is 12.5. The Hall–Kier alpha value is -1.76. The molecule has 0 fully saturated rings. The number of carbonyl (C=O) groups is 1. The van der Waals surface area contributed by atoms with Crippen molar-refractivity contribution in [3.63, 3.8) is 0 Å². The van der Waals surface area contributed by atoms with Crippen LogP contribution in [0.3, 0.4) is 0 Å². The van der Waals surface area contributed by atoms with E-state index >= 15 is 0 Å². The van der Waals surface area contributed by atoms with Crippen LogP contribution in [-0.4, -0.2) is 15.3 Å². The normalized spacial score (nSPS) is 12.0. The molecule has 2 aromatic heterocycles. The standard InChI is InChI=1S/C9H5ClF3N3O/c10-5-1-4(9(11,12)13)2-16-3-6(7(14)17)15-8(5)16/h1-3H,(H2,14,17). The molecule has 0 radical (unpaired) electrons. The maximum atomic E-state index is 12.5. The summed E-state index contributed by atoms with van der Waals surface area (Å²) >= 11 is 5.65. The maximum Gasteiger partial charge on any atom is 0.417 e. The highest BCUT2D eigenvalue weighted by molar-refractivity contribution is 6.33. The number of nitrogens with zero attached hydrogens (tertiary/aromatic N) is 2. The summed E-state index contributed by atoms with van der Waals surface area (Å²) in [5.74, 6) is -0.835. The van der Waals surface area contributed by atoms with Crippen LogP contribution in [0.2, 0.25) is 5.02 Å². The predicted molar refractivity (Wildman–Crippen MR) is 53.7 cm³/mol. The Morgan fingerprint density at radius 2 is 2.06 bits per heavy atom. The molecule has 0 atom stereocenters. The molecule has 0 aliphatic heterocycles. The second-order valence-corrected chi connectivity index (χ2v) is 3.70. The van der Waals surface area contributed by atoms with Gasteiger partial charge in [0, 0.05) is 12.4 Å². The van der Waals surface area contributed by atoms with E-state index in [-0.39, 0.29) is 16.4 Å². The fourth-order valence-corrected chi connectivity index (χ4v) is 1.59. The summed E-state index contributed by atoms with van der Waals surface area (Å²) in [5.41, 5.74) is 3.95. The van der Waals surface area contributed by atoms with Crippen molar-refractivity contribution in [2.45, 2.75) is 6.18 Å². The smallest absolute Gasteiger partial charge is 0.364 e. The number of rotatable bonds is 1. The van der Waals surface area contributed by atoms with Crippen LogP contribution in [0.1, 0.15) is 16.1 Å². The van der Waals surface area contributed by atoms with Gasteiger partial charge in [-0.2, -0.15) is 13.2 Å². The molecule has 90 valence electrons. The van der Waals surface area contributed by atoms with E-state index in [1.807, 2.05) is 0 Å². The first-order valence-corrected chi connectivity index (χ1v) is 4.72. The lowest BCUT2D eigenvalue weighted by Gasteiger charge is -2.07. The number of primary amides is 1. The molecular formula is C9H5ClF3N3O. The van der Waals surface area contributed by atoms with E-state index < -0.39 is 17.6 Å². The van der Waals surface area contributed by atoms with Gasteiger partial charge < -0.3 is 10.1 Å². The first-order valence-electron chi connectivity index (χ1n) is 4.34. The van der Waals surface area contributed by atoms with E-state index in [0.717, 1.165) is 22.9 Å². The van der Waals surface area contributed by atoms with Crippen molar-refractivity contribution in [2.75, 3.05) is 0 Å².